The van der Waals surface area contributed by atoms with Crippen LogP contribution in [0.5, 0.6) is 0 Å². The minimum Gasteiger partial charge on any atom is -0.387 e. The third-order valence-corrected chi connectivity index (χ3v) is 4.46. The Morgan fingerprint density at radius 2 is 2.19 bits per heavy atom. The molecule has 0 saturated carbocycles. The fraction of sp³-hybridized carbons (Fsp3) is 0.167. The first kappa shape index (κ1) is 15.4. The van der Waals surface area contributed by atoms with Crippen LogP contribution in [-0.2, 0) is 0 Å². The molecule has 2 rings (SSSR count). The largest absolute Gasteiger partial charge is 0.387 e. The number of aryl methyl sites for hydroxylation is 1. The van der Waals surface area contributed by atoms with Crippen LogP contribution in [0.25, 0.3) is 5.57 Å². The zero-order valence-corrected chi connectivity index (χ0v) is 13.3. The van der Waals surface area contributed by atoms with Gasteiger partial charge < -0.3 is 5.73 Å². The van der Waals surface area contributed by atoms with E-state index in [4.69, 9.17) is 5.73 Å². The number of aliphatic imine (C=N–C) groups is 1. The average Bonchev–Trinajstić information content (AvgIpc) is 2.90. The molecule has 3 heteroatoms. The van der Waals surface area contributed by atoms with Crippen molar-refractivity contribution in [2.24, 2.45) is 10.7 Å². The highest BCUT2D eigenvalue weighted by Crippen LogP contribution is 2.36. The SMILES string of the molecule is C=C/C(=C\C)c1ccc(C)c(SC(=C)C2=CCC(N)=N2)c1. The van der Waals surface area contributed by atoms with E-state index in [9.17, 15) is 0 Å². The van der Waals surface area contributed by atoms with Gasteiger partial charge in [-0.3, -0.25) is 0 Å². The Morgan fingerprint density at radius 3 is 2.76 bits per heavy atom. The number of hydrogen-bond donors (Lipinski definition) is 1. The van der Waals surface area contributed by atoms with E-state index in [1.54, 1.807) is 11.8 Å². The summed E-state index contributed by atoms with van der Waals surface area (Å²) in [4.78, 5) is 6.42. The smallest absolute Gasteiger partial charge is 0.104 e. The van der Waals surface area contributed by atoms with Gasteiger partial charge in [0.05, 0.1) is 5.70 Å². The first-order valence-corrected chi connectivity index (χ1v) is 7.67. The molecule has 0 spiro atoms. The van der Waals surface area contributed by atoms with Crippen molar-refractivity contribution in [1.29, 1.82) is 0 Å². The molecule has 0 unspecified atom stereocenters. The summed E-state index contributed by atoms with van der Waals surface area (Å²) in [6, 6.07) is 6.41. The summed E-state index contributed by atoms with van der Waals surface area (Å²) in [5.74, 6) is 0.653. The number of allylic oxidation sites excluding steroid dienone is 3. The quantitative estimate of drug-likeness (QED) is 0.624. The molecule has 0 bridgehead atoms. The van der Waals surface area contributed by atoms with E-state index in [-0.39, 0.29) is 0 Å². The van der Waals surface area contributed by atoms with E-state index < -0.39 is 0 Å². The molecule has 1 aromatic rings. The Labute approximate surface area is 130 Å². The molecule has 2 nitrogen and oxygen atoms in total. The maximum absolute atomic E-state index is 5.72. The number of rotatable bonds is 5. The van der Waals surface area contributed by atoms with Gasteiger partial charge in [0, 0.05) is 16.2 Å². The lowest BCUT2D eigenvalue weighted by atomic mass is 10.0. The molecule has 0 amide bonds. The number of thioether (sulfide) groups is 1. The highest BCUT2D eigenvalue weighted by Gasteiger charge is 2.12. The number of hydrogen-bond acceptors (Lipinski definition) is 3. The first-order valence-electron chi connectivity index (χ1n) is 6.85. The molecule has 108 valence electrons. The molecule has 0 aromatic heterocycles. The van der Waals surface area contributed by atoms with Crippen molar-refractivity contribution in [3.05, 3.63) is 71.3 Å². The minimum absolute atomic E-state index is 0.653. The maximum atomic E-state index is 5.72. The number of nitrogens with zero attached hydrogens (tertiary/aromatic N) is 1. The monoisotopic (exact) mass is 296 g/mol. The molecule has 21 heavy (non-hydrogen) atoms. The highest BCUT2D eigenvalue weighted by molar-refractivity contribution is 8.03. The van der Waals surface area contributed by atoms with Crippen molar-refractivity contribution < 1.29 is 0 Å². The number of nitrogens with two attached hydrogens (primary N) is 1. The predicted octanol–water partition coefficient (Wildman–Crippen LogP) is 4.83. The summed E-state index contributed by atoms with van der Waals surface area (Å²) < 4.78 is 0. The van der Waals surface area contributed by atoms with Crippen LogP contribution in [0.4, 0.5) is 0 Å². The molecular formula is C18H20N2S. The van der Waals surface area contributed by atoms with Gasteiger partial charge in [0.1, 0.15) is 5.84 Å². The van der Waals surface area contributed by atoms with Gasteiger partial charge in [-0.15, -0.1) is 0 Å². The van der Waals surface area contributed by atoms with Crippen molar-refractivity contribution >= 4 is 23.2 Å². The van der Waals surface area contributed by atoms with Gasteiger partial charge >= 0.3 is 0 Å². The van der Waals surface area contributed by atoms with Crippen LogP contribution in [0.2, 0.25) is 0 Å². The molecular weight excluding hydrogens is 276 g/mol. The van der Waals surface area contributed by atoms with Gasteiger partial charge in [-0.25, -0.2) is 4.99 Å². The molecule has 1 aliphatic heterocycles. The Bertz CT molecular complexity index is 678. The molecule has 0 fully saturated rings. The summed E-state index contributed by atoms with van der Waals surface area (Å²) >= 11 is 1.64. The molecule has 0 radical (unpaired) electrons. The van der Waals surface area contributed by atoms with E-state index in [1.807, 2.05) is 19.1 Å². The zero-order chi connectivity index (χ0) is 15.4. The first-order chi connectivity index (χ1) is 10.0. The molecule has 1 aromatic carbocycles. The van der Waals surface area contributed by atoms with Gasteiger partial charge in [-0.2, -0.15) is 0 Å². The lowest BCUT2D eigenvalue weighted by Crippen LogP contribution is -2.06. The number of benzene rings is 1. The third-order valence-electron chi connectivity index (χ3n) is 3.34. The van der Waals surface area contributed by atoms with Crippen LogP contribution in [0.3, 0.4) is 0 Å². The van der Waals surface area contributed by atoms with E-state index in [2.05, 4.69) is 49.3 Å². The van der Waals surface area contributed by atoms with Crippen molar-refractivity contribution in [3.8, 4) is 0 Å². The van der Waals surface area contributed by atoms with Crippen molar-refractivity contribution in [3.63, 3.8) is 0 Å². The Hall–Kier alpha value is -2.00. The van der Waals surface area contributed by atoms with Crippen LogP contribution in [0, 0.1) is 6.92 Å². The minimum atomic E-state index is 0.653. The second-order valence-corrected chi connectivity index (χ2v) is 5.99. The molecule has 0 aliphatic carbocycles. The third kappa shape index (κ3) is 3.56. The van der Waals surface area contributed by atoms with E-state index in [1.165, 1.54) is 10.5 Å². The van der Waals surface area contributed by atoms with E-state index in [0.717, 1.165) is 21.7 Å². The molecule has 0 saturated heterocycles. The fourth-order valence-electron chi connectivity index (χ4n) is 2.10. The van der Waals surface area contributed by atoms with Crippen LogP contribution in [-0.4, -0.2) is 5.84 Å². The standard InChI is InChI=1S/C18H20N2S/c1-5-14(6-2)15-8-7-12(3)17(11-15)21-13(4)16-9-10-18(19)20-16/h5-9,11H,1,4,10H2,2-3H3,(H2,19,20)/b14-6+. The lowest BCUT2D eigenvalue weighted by molar-refractivity contribution is 1.29. The van der Waals surface area contributed by atoms with Crippen molar-refractivity contribution in [1.82, 2.24) is 0 Å². The summed E-state index contributed by atoms with van der Waals surface area (Å²) in [6.45, 7) is 12.1. The second kappa shape index (κ2) is 6.64. The average molecular weight is 296 g/mol. The molecule has 1 aliphatic rings. The summed E-state index contributed by atoms with van der Waals surface area (Å²) in [7, 11) is 0. The van der Waals surface area contributed by atoms with Crippen LogP contribution in [0.15, 0.2) is 70.1 Å². The van der Waals surface area contributed by atoms with Crippen LogP contribution in [0.1, 0.15) is 24.5 Å². The van der Waals surface area contributed by atoms with E-state index in [0.29, 0.717) is 12.3 Å². The summed E-state index contributed by atoms with van der Waals surface area (Å²) in [5, 5.41) is 0. The maximum Gasteiger partial charge on any atom is 0.104 e. The van der Waals surface area contributed by atoms with Crippen LogP contribution < -0.4 is 5.73 Å². The highest BCUT2D eigenvalue weighted by atomic mass is 32.2. The number of amidine groups is 1. The van der Waals surface area contributed by atoms with E-state index >= 15 is 0 Å². The second-order valence-electron chi connectivity index (χ2n) is 4.85. The van der Waals surface area contributed by atoms with Gasteiger partial charge in [0.25, 0.3) is 0 Å². The summed E-state index contributed by atoms with van der Waals surface area (Å²) in [5.41, 5.74) is 10.1. The van der Waals surface area contributed by atoms with Gasteiger partial charge in [-0.05, 0) is 36.6 Å². The Kier molecular flexibility index (Phi) is 4.86. The molecule has 2 N–H and O–H groups in total. The summed E-state index contributed by atoms with van der Waals surface area (Å²) in [6.07, 6.45) is 6.67. The Balaban J connectivity index is 2.26. The predicted molar refractivity (Wildman–Crippen MR) is 94.3 cm³/mol. The Morgan fingerprint density at radius 1 is 1.43 bits per heavy atom. The molecule has 0 atom stereocenters. The van der Waals surface area contributed by atoms with Crippen molar-refractivity contribution in [2.75, 3.05) is 0 Å². The van der Waals surface area contributed by atoms with Gasteiger partial charge in [0.15, 0.2) is 0 Å². The van der Waals surface area contributed by atoms with Gasteiger partial charge in [-0.1, -0.05) is 55.3 Å². The van der Waals surface area contributed by atoms with Crippen LogP contribution >= 0.6 is 11.8 Å². The fourth-order valence-corrected chi connectivity index (χ4v) is 3.01. The van der Waals surface area contributed by atoms with Gasteiger partial charge in [0.2, 0.25) is 0 Å². The lowest BCUT2D eigenvalue weighted by Gasteiger charge is -2.10. The normalized spacial score (nSPS) is 14.7. The zero-order valence-electron chi connectivity index (χ0n) is 12.5. The molecule has 1 heterocycles. The topological polar surface area (TPSA) is 38.4 Å². The van der Waals surface area contributed by atoms with Crippen molar-refractivity contribution in [2.45, 2.75) is 25.2 Å².